The fourth-order valence-electron chi connectivity index (χ4n) is 1.09. The van der Waals surface area contributed by atoms with Gasteiger partial charge in [0.15, 0.2) is 5.43 Å². The second-order valence-electron chi connectivity index (χ2n) is 3.02. The Labute approximate surface area is 87.7 Å². The lowest BCUT2D eigenvalue weighted by Gasteiger charge is -2.09. The minimum atomic E-state index is -0.443. The zero-order valence-corrected chi connectivity index (χ0v) is 8.41. The Morgan fingerprint density at radius 2 is 2.47 bits per heavy atom. The van der Waals surface area contributed by atoms with Crippen molar-refractivity contribution in [2.75, 3.05) is 0 Å². The maximum atomic E-state index is 11.6. The van der Waals surface area contributed by atoms with Crippen molar-refractivity contribution in [1.29, 1.82) is 0 Å². The molecule has 1 heterocycles. The number of terminal acetylenes is 1. The van der Waals surface area contributed by atoms with Crippen molar-refractivity contribution >= 4 is 5.91 Å². The second-order valence-corrected chi connectivity index (χ2v) is 3.02. The molecule has 1 aromatic heterocycles. The fourth-order valence-corrected chi connectivity index (χ4v) is 1.09. The largest absolute Gasteiger partial charge is 0.367 e. The predicted molar refractivity (Wildman–Crippen MR) is 57.4 cm³/mol. The molecule has 0 aliphatic carbocycles. The summed E-state index contributed by atoms with van der Waals surface area (Å²) in [7, 11) is 0. The molecule has 0 aliphatic rings. The minimum absolute atomic E-state index is 0.0752. The van der Waals surface area contributed by atoms with Crippen LogP contribution in [0, 0.1) is 12.3 Å². The van der Waals surface area contributed by atoms with Crippen LogP contribution in [0.4, 0.5) is 0 Å². The number of pyridine rings is 1. The van der Waals surface area contributed by atoms with Gasteiger partial charge in [0.1, 0.15) is 5.56 Å². The van der Waals surface area contributed by atoms with Gasteiger partial charge in [0.05, 0.1) is 6.04 Å². The van der Waals surface area contributed by atoms with E-state index < -0.39 is 5.91 Å². The molecule has 1 unspecified atom stereocenters. The summed E-state index contributed by atoms with van der Waals surface area (Å²) < 4.78 is 0. The van der Waals surface area contributed by atoms with Gasteiger partial charge in [-0.1, -0.05) is 12.8 Å². The van der Waals surface area contributed by atoms with Gasteiger partial charge in [0.25, 0.3) is 5.91 Å². The molecule has 0 saturated carbocycles. The second kappa shape index (κ2) is 5.01. The lowest BCUT2D eigenvalue weighted by Crippen LogP contribution is -2.35. The first kappa shape index (κ1) is 11.1. The molecule has 0 fully saturated rings. The smallest absolute Gasteiger partial charge is 0.257 e. The van der Waals surface area contributed by atoms with Crippen molar-refractivity contribution in [3.05, 3.63) is 34.2 Å². The van der Waals surface area contributed by atoms with Crippen LogP contribution in [0.2, 0.25) is 0 Å². The standard InChI is InChI=1S/C11H12N2O2/c1-3-8(4-2)13-11(15)9-7-12-6-5-10(9)14/h1,5-8H,4H2,2H3,(H,12,14)(H,13,15). The number of carbonyl (C=O) groups excluding carboxylic acids is 1. The quantitative estimate of drug-likeness (QED) is 0.705. The third-order valence-electron chi connectivity index (χ3n) is 1.98. The van der Waals surface area contributed by atoms with Crippen molar-refractivity contribution in [3.63, 3.8) is 0 Å². The Bertz CT molecular complexity index is 442. The van der Waals surface area contributed by atoms with Crippen molar-refractivity contribution in [2.45, 2.75) is 19.4 Å². The number of carbonyl (C=O) groups is 1. The number of amides is 1. The molecule has 1 aromatic rings. The van der Waals surface area contributed by atoms with E-state index in [4.69, 9.17) is 6.42 Å². The van der Waals surface area contributed by atoms with E-state index in [1.807, 2.05) is 6.92 Å². The van der Waals surface area contributed by atoms with Crippen LogP contribution in [0.25, 0.3) is 0 Å². The van der Waals surface area contributed by atoms with Crippen LogP contribution in [0.3, 0.4) is 0 Å². The summed E-state index contributed by atoms with van der Waals surface area (Å²) in [6.45, 7) is 1.86. The van der Waals surface area contributed by atoms with Gasteiger partial charge in [0.2, 0.25) is 0 Å². The molecular weight excluding hydrogens is 192 g/mol. The van der Waals surface area contributed by atoms with Crippen LogP contribution in [-0.4, -0.2) is 16.9 Å². The zero-order chi connectivity index (χ0) is 11.3. The number of H-pyrrole nitrogens is 1. The average Bonchev–Trinajstić information content (AvgIpc) is 2.26. The maximum Gasteiger partial charge on any atom is 0.257 e. The summed E-state index contributed by atoms with van der Waals surface area (Å²) in [4.78, 5) is 25.5. The van der Waals surface area contributed by atoms with E-state index in [0.717, 1.165) is 0 Å². The summed E-state index contributed by atoms with van der Waals surface area (Å²) in [5.74, 6) is 1.98. The molecule has 4 heteroatoms. The number of rotatable bonds is 3. The highest BCUT2D eigenvalue weighted by molar-refractivity contribution is 5.94. The van der Waals surface area contributed by atoms with Gasteiger partial charge in [0, 0.05) is 18.5 Å². The highest BCUT2D eigenvalue weighted by atomic mass is 16.2. The first-order valence-corrected chi connectivity index (χ1v) is 4.63. The third-order valence-corrected chi connectivity index (χ3v) is 1.98. The summed E-state index contributed by atoms with van der Waals surface area (Å²) in [6, 6.07) is 0.961. The van der Waals surface area contributed by atoms with Gasteiger partial charge >= 0.3 is 0 Å². The van der Waals surface area contributed by atoms with Crippen LogP contribution in [-0.2, 0) is 0 Å². The van der Waals surface area contributed by atoms with Gasteiger partial charge in [-0.25, -0.2) is 0 Å². The summed E-state index contributed by atoms with van der Waals surface area (Å²) in [5, 5.41) is 2.58. The van der Waals surface area contributed by atoms with Crippen molar-refractivity contribution in [1.82, 2.24) is 10.3 Å². The molecule has 1 amide bonds. The summed E-state index contributed by atoms with van der Waals surface area (Å²) >= 11 is 0. The summed E-state index contributed by atoms with van der Waals surface area (Å²) in [5.41, 5.74) is -0.246. The van der Waals surface area contributed by atoms with E-state index in [1.54, 1.807) is 0 Å². The van der Waals surface area contributed by atoms with Crippen LogP contribution in [0.1, 0.15) is 23.7 Å². The lowest BCUT2D eigenvalue weighted by molar-refractivity contribution is 0.0943. The van der Waals surface area contributed by atoms with Crippen LogP contribution in [0.15, 0.2) is 23.3 Å². The molecule has 15 heavy (non-hydrogen) atoms. The van der Waals surface area contributed by atoms with Crippen molar-refractivity contribution in [3.8, 4) is 12.3 Å². The maximum absolute atomic E-state index is 11.6. The molecule has 0 aliphatic heterocycles. The minimum Gasteiger partial charge on any atom is -0.367 e. The Kier molecular flexibility index (Phi) is 3.69. The Hall–Kier alpha value is -2.02. The number of nitrogens with one attached hydrogen (secondary N) is 2. The van der Waals surface area contributed by atoms with Crippen molar-refractivity contribution in [2.24, 2.45) is 0 Å². The van der Waals surface area contributed by atoms with E-state index in [1.165, 1.54) is 18.5 Å². The first-order valence-electron chi connectivity index (χ1n) is 4.63. The number of hydrogen-bond donors (Lipinski definition) is 2. The first-order chi connectivity index (χ1) is 7.19. The molecule has 2 N–H and O–H groups in total. The van der Waals surface area contributed by atoms with Crippen LogP contribution >= 0.6 is 0 Å². The molecule has 78 valence electrons. The van der Waals surface area contributed by atoms with Crippen molar-refractivity contribution < 1.29 is 4.79 Å². The molecule has 0 saturated heterocycles. The highest BCUT2D eigenvalue weighted by Crippen LogP contribution is 1.93. The molecule has 1 rings (SSSR count). The topological polar surface area (TPSA) is 62.0 Å². The highest BCUT2D eigenvalue weighted by Gasteiger charge is 2.12. The van der Waals surface area contributed by atoms with Gasteiger partial charge in [-0.05, 0) is 6.42 Å². The normalized spacial score (nSPS) is 11.5. The molecule has 4 nitrogen and oxygen atoms in total. The van der Waals surface area contributed by atoms with E-state index in [9.17, 15) is 9.59 Å². The van der Waals surface area contributed by atoms with E-state index in [-0.39, 0.29) is 17.0 Å². The van der Waals surface area contributed by atoms with Gasteiger partial charge in [-0.2, -0.15) is 0 Å². The van der Waals surface area contributed by atoms with Crippen LogP contribution in [0.5, 0.6) is 0 Å². The SMILES string of the molecule is C#CC(CC)NC(=O)c1c[nH]ccc1=O. The summed E-state index contributed by atoms with van der Waals surface area (Å²) in [6.07, 6.45) is 8.66. The third kappa shape index (κ3) is 2.71. The Morgan fingerprint density at radius 3 is 3.00 bits per heavy atom. The van der Waals surface area contributed by atoms with Gasteiger partial charge < -0.3 is 10.3 Å². The lowest BCUT2D eigenvalue weighted by atomic mass is 10.2. The zero-order valence-electron chi connectivity index (χ0n) is 8.41. The van der Waals surface area contributed by atoms with E-state index in [0.29, 0.717) is 6.42 Å². The molecule has 1 atom stereocenters. The number of hydrogen-bond acceptors (Lipinski definition) is 2. The average molecular weight is 204 g/mol. The Morgan fingerprint density at radius 1 is 1.73 bits per heavy atom. The fraction of sp³-hybridized carbons (Fsp3) is 0.273. The molecule has 0 radical (unpaired) electrons. The Balaban J connectivity index is 2.83. The van der Waals surface area contributed by atoms with Gasteiger partial charge in [-0.15, -0.1) is 6.42 Å². The monoisotopic (exact) mass is 204 g/mol. The van der Waals surface area contributed by atoms with E-state index in [2.05, 4.69) is 16.2 Å². The molecule has 0 bridgehead atoms. The number of aromatic nitrogens is 1. The van der Waals surface area contributed by atoms with Gasteiger partial charge in [-0.3, -0.25) is 9.59 Å². The van der Waals surface area contributed by atoms with Crippen LogP contribution < -0.4 is 10.7 Å². The molecular formula is C11H12N2O2. The molecule has 0 aromatic carbocycles. The predicted octanol–water partition coefficient (Wildman–Crippen LogP) is 0.517. The van der Waals surface area contributed by atoms with E-state index >= 15 is 0 Å². The molecule has 0 spiro atoms. The number of aromatic amines is 1.